The molecule has 1 aromatic heterocycles. The predicted molar refractivity (Wildman–Crippen MR) is 54.8 cm³/mol. The van der Waals surface area contributed by atoms with Crippen LogP contribution in [0.4, 0.5) is 0 Å². The Balaban J connectivity index is 2.84. The zero-order valence-electron chi connectivity index (χ0n) is 6.22. The Morgan fingerprint density at radius 1 is 1.50 bits per heavy atom. The average Bonchev–Trinajstić information content (AvgIpc) is 2.07. The first-order chi connectivity index (χ1) is 5.74. The van der Waals surface area contributed by atoms with Crippen molar-refractivity contribution in [1.29, 1.82) is 0 Å². The lowest BCUT2D eigenvalue weighted by Crippen LogP contribution is -1.91. The molecule has 0 fully saturated rings. The highest BCUT2D eigenvalue weighted by molar-refractivity contribution is 9.11. The summed E-state index contributed by atoms with van der Waals surface area (Å²) in [6.07, 6.45) is 2.47. The molecule has 0 aliphatic carbocycles. The predicted octanol–water partition coefficient (Wildman–Crippen LogP) is 3.07. The molecule has 62 valence electrons. The van der Waals surface area contributed by atoms with Crippen molar-refractivity contribution >= 4 is 31.9 Å². The van der Waals surface area contributed by atoms with E-state index in [0.717, 1.165) is 21.1 Å². The molecule has 0 unspecified atom stereocenters. The summed E-state index contributed by atoms with van der Waals surface area (Å²) in [4.78, 5) is 7.39. The third-order valence-corrected chi connectivity index (χ3v) is 2.52. The van der Waals surface area contributed by atoms with E-state index in [4.69, 9.17) is 6.57 Å². The van der Waals surface area contributed by atoms with Gasteiger partial charge in [0.2, 0.25) is 6.54 Å². The van der Waals surface area contributed by atoms with Crippen LogP contribution in [0.25, 0.3) is 4.85 Å². The van der Waals surface area contributed by atoms with Crippen LogP contribution in [0.15, 0.2) is 21.3 Å². The Morgan fingerprint density at radius 3 is 2.92 bits per heavy atom. The maximum Gasteiger partial charge on any atom is 0.218 e. The number of hydrogen-bond acceptors (Lipinski definition) is 1. The first kappa shape index (κ1) is 9.69. The fourth-order valence-electron chi connectivity index (χ4n) is 0.816. The highest BCUT2D eigenvalue weighted by Crippen LogP contribution is 2.18. The number of nitrogens with zero attached hydrogens (tertiary/aromatic N) is 2. The lowest BCUT2D eigenvalue weighted by atomic mass is 10.2. The van der Waals surface area contributed by atoms with E-state index in [9.17, 15) is 0 Å². The van der Waals surface area contributed by atoms with Crippen molar-refractivity contribution in [2.24, 2.45) is 0 Å². The zero-order chi connectivity index (χ0) is 8.97. The molecule has 1 aromatic rings. The van der Waals surface area contributed by atoms with Gasteiger partial charge in [-0.05, 0) is 43.5 Å². The summed E-state index contributed by atoms with van der Waals surface area (Å²) in [6.45, 7) is 7.16. The van der Waals surface area contributed by atoms with Crippen LogP contribution in [0.2, 0.25) is 0 Å². The van der Waals surface area contributed by atoms with E-state index < -0.39 is 0 Å². The van der Waals surface area contributed by atoms with Gasteiger partial charge in [0.05, 0.1) is 0 Å². The maximum atomic E-state index is 6.65. The van der Waals surface area contributed by atoms with Gasteiger partial charge in [0.15, 0.2) is 0 Å². The molecule has 2 nitrogen and oxygen atoms in total. The molecule has 0 amide bonds. The molecule has 0 saturated heterocycles. The Kier molecular flexibility index (Phi) is 3.70. The minimum atomic E-state index is 0.511. The molecule has 0 radical (unpaired) electrons. The van der Waals surface area contributed by atoms with Crippen LogP contribution in [0, 0.1) is 6.57 Å². The minimum absolute atomic E-state index is 0.511. The molecule has 0 saturated carbocycles. The Morgan fingerprint density at radius 2 is 2.25 bits per heavy atom. The molecule has 0 N–H and O–H groups in total. The fraction of sp³-hybridized carbons (Fsp3) is 0.250. The SMILES string of the molecule is [C-]#[N+]CCc1cc(Br)cnc1Br. The fourth-order valence-corrected chi connectivity index (χ4v) is 1.61. The topological polar surface area (TPSA) is 17.2 Å². The smallest absolute Gasteiger partial charge is 0.218 e. The summed E-state index contributed by atoms with van der Waals surface area (Å²) in [5, 5.41) is 0. The van der Waals surface area contributed by atoms with Crippen LogP contribution >= 0.6 is 31.9 Å². The molecule has 0 aromatic carbocycles. The van der Waals surface area contributed by atoms with E-state index >= 15 is 0 Å². The van der Waals surface area contributed by atoms with Crippen molar-refractivity contribution in [3.8, 4) is 0 Å². The molecular formula is C8H6Br2N2. The summed E-state index contributed by atoms with van der Waals surface area (Å²) >= 11 is 6.65. The molecule has 1 heterocycles. The largest absolute Gasteiger partial charge is 0.317 e. The lowest BCUT2D eigenvalue weighted by molar-refractivity contribution is 1.03. The van der Waals surface area contributed by atoms with Crippen LogP contribution in [-0.2, 0) is 6.42 Å². The van der Waals surface area contributed by atoms with Gasteiger partial charge in [-0.1, -0.05) is 0 Å². The Bertz CT molecular complexity index is 317. The first-order valence-corrected chi connectivity index (χ1v) is 4.96. The molecule has 0 spiro atoms. The molecular weight excluding hydrogens is 284 g/mol. The van der Waals surface area contributed by atoms with Gasteiger partial charge in [0.25, 0.3) is 0 Å². The number of pyridine rings is 1. The Labute approximate surface area is 88.1 Å². The monoisotopic (exact) mass is 288 g/mol. The molecule has 0 aliphatic rings. The van der Waals surface area contributed by atoms with Crippen molar-refractivity contribution in [1.82, 2.24) is 4.98 Å². The molecule has 0 bridgehead atoms. The minimum Gasteiger partial charge on any atom is -0.317 e. The number of hydrogen-bond donors (Lipinski definition) is 0. The van der Waals surface area contributed by atoms with E-state index in [0.29, 0.717) is 6.54 Å². The number of aromatic nitrogens is 1. The lowest BCUT2D eigenvalue weighted by Gasteiger charge is -1.99. The highest BCUT2D eigenvalue weighted by atomic mass is 79.9. The molecule has 1 rings (SSSR count). The van der Waals surface area contributed by atoms with Gasteiger partial charge in [-0.3, -0.25) is 0 Å². The van der Waals surface area contributed by atoms with E-state index in [1.807, 2.05) is 6.07 Å². The van der Waals surface area contributed by atoms with Crippen LogP contribution in [0.5, 0.6) is 0 Å². The average molecular weight is 290 g/mol. The van der Waals surface area contributed by atoms with Gasteiger partial charge in [0, 0.05) is 17.1 Å². The van der Waals surface area contributed by atoms with Crippen molar-refractivity contribution in [2.45, 2.75) is 6.42 Å². The summed E-state index contributed by atoms with van der Waals surface area (Å²) < 4.78 is 1.78. The third-order valence-electron chi connectivity index (χ3n) is 1.37. The van der Waals surface area contributed by atoms with Crippen LogP contribution in [0.1, 0.15) is 5.56 Å². The first-order valence-electron chi connectivity index (χ1n) is 3.37. The number of halogens is 2. The van der Waals surface area contributed by atoms with Gasteiger partial charge in [0.1, 0.15) is 4.60 Å². The van der Waals surface area contributed by atoms with Crippen molar-refractivity contribution in [3.05, 3.63) is 38.3 Å². The normalized spacial score (nSPS) is 9.42. The second-order valence-electron chi connectivity index (χ2n) is 2.24. The van der Waals surface area contributed by atoms with Crippen molar-refractivity contribution in [2.75, 3.05) is 6.54 Å². The van der Waals surface area contributed by atoms with E-state index in [2.05, 4.69) is 41.7 Å². The molecule has 12 heavy (non-hydrogen) atoms. The summed E-state index contributed by atoms with van der Waals surface area (Å²) in [5.41, 5.74) is 1.07. The maximum absolute atomic E-state index is 6.65. The van der Waals surface area contributed by atoms with E-state index in [1.165, 1.54) is 0 Å². The van der Waals surface area contributed by atoms with Crippen LogP contribution in [0.3, 0.4) is 0 Å². The third kappa shape index (κ3) is 2.58. The number of rotatable bonds is 2. The summed E-state index contributed by atoms with van der Waals surface area (Å²) in [6, 6.07) is 1.97. The Hall–Kier alpha value is -0.400. The van der Waals surface area contributed by atoms with Crippen molar-refractivity contribution in [3.63, 3.8) is 0 Å². The summed E-state index contributed by atoms with van der Waals surface area (Å²) in [5.74, 6) is 0. The van der Waals surface area contributed by atoms with E-state index in [1.54, 1.807) is 6.20 Å². The van der Waals surface area contributed by atoms with Gasteiger partial charge in [-0.25, -0.2) is 11.6 Å². The van der Waals surface area contributed by atoms with Gasteiger partial charge in [-0.2, -0.15) is 0 Å². The van der Waals surface area contributed by atoms with Crippen LogP contribution < -0.4 is 0 Å². The van der Waals surface area contributed by atoms with E-state index in [-0.39, 0.29) is 0 Å². The second kappa shape index (κ2) is 4.58. The van der Waals surface area contributed by atoms with Crippen molar-refractivity contribution < 1.29 is 0 Å². The standard InChI is InChI=1S/C8H6Br2N2/c1-11-3-2-6-4-7(9)5-12-8(6)10/h4-5H,2-3H2. The second-order valence-corrected chi connectivity index (χ2v) is 3.90. The highest BCUT2D eigenvalue weighted by Gasteiger charge is 2.02. The quantitative estimate of drug-likeness (QED) is 0.604. The molecule has 0 atom stereocenters. The van der Waals surface area contributed by atoms with Gasteiger partial charge < -0.3 is 4.85 Å². The molecule has 4 heteroatoms. The zero-order valence-corrected chi connectivity index (χ0v) is 9.39. The molecule has 0 aliphatic heterocycles. The van der Waals surface area contributed by atoms with Gasteiger partial charge >= 0.3 is 0 Å². The van der Waals surface area contributed by atoms with Gasteiger partial charge in [-0.15, -0.1) is 0 Å². The van der Waals surface area contributed by atoms with Crippen LogP contribution in [-0.4, -0.2) is 11.5 Å². The summed E-state index contributed by atoms with van der Waals surface area (Å²) in [7, 11) is 0.